The van der Waals surface area contributed by atoms with Crippen LogP contribution >= 0.6 is 0 Å². The standard InChI is InChI=1S/C17H18N4O3S/c1-11(12-6-5-7-13(10-12)21-25(2,23)24)18-17(22)16-14-8-3-4-9-15(14)19-20-16/h3-11,21H,1-2H3,(H,18,22)(H,19,20)/t11-/m0/s1. The number of amides is 1. The highest BCUT2D eigenvalue weighted by atomic mass is 32.2. The van der Waals surface area contributed by atoms with Crippen molar-refractivity contribution in [1.82, 2.24) is 15.5 Å². The lowest BCUT2D eigenvalue weighted by Crippen LogP contribution is -2.27. The normalized spacial score (nSPS) is 12.7. The summed E-state index contributed by atoms with van der Waals surface area (Å²) in [6, 6.07) is 14.0. The first kappa shape index (κ1) is 17.0. The molecule has 0 aliphatic rings. The predicted molar refractivity (Wildman–Crippen MR) is 96.9 cm³/mol. The van der Waals surface area contributed by atoms with Crippen LogP contribution in [0, 0.1) is 0 Å². The van der Waals surface area contributed by atoms with Crippen LogP contribution in [0.4, 0.5) is 5.69 Å². The molecule has 1 amide bonds. The number of aromatic amines is 1. The summed E-state index contributed by atoms with van der Waals surface area (Å²) in [5.41, 5.74) is 2.35. The van der Waals surface area contributed by atoms with Gasteiger partial charge in [-0.15, -0.1) is 0 Å². The number of carbonyl (C=O) groups is 1. The molecule has 7 nitrogen and oxygen atoms in total. The molecule has 0 aliphatic heterocycles. The average Bonchev–Trinajstić information content (AvgIpc) is 2.97. The molecule has 1 aromatic heterocycles. The maximum absolute atomic E-state index is 12.5. The van der Waals surface area contributed by atoms with Crippen molar-refractivity contribution in [1.29, 1.82) is 0 Å². The fourth-order valence-corrected chi connectivity index (χ4v) is 3.13. The minimum absolute atomic E-state index is 0.300. The van der Waals surface area contributed by atoms with Crippen LogP contribution in [0.15, 0.2) is 48.5 Å². The van der Waals surface area contributed by atoms with Crippen LogP contribution in [0.2, 0.25) is 0 Å². The maximum Gasteiger partial charge on any atom is 0.272 e. The van der Waals surface area contributed by atoms with Gasteiger partial charge in [0.15, 0.2) is 5.69 Å². The first-order chi connectivity index (χ1) is 11.8. The van der Waals surface area contributed by atoms with Gasteiger partial charge in [-0.1, -0.05) is 30.3 Å². The van der Waals surface area contributed by atoms with Crippen LogP contribution < -0.4 is 10.0 Å². The van der Waals surface area contributed by atoms with Gasteiger partial charge in [-0.3, -0.25) is 14.6 Å². The predicted octanol–water partition coefficient (Wildman–Crippen LogP) is 2.43. The summed E-state index contributed by atoms with van der Waals surface area (Å²) in [5, 5.41) is 10.5. The van der Waals surface area contributed by atoms with Gasteiger partial charge < -0.3 is 5.32 Å². The van der Waals surface area contributed by atoms with Gasteiger partial charge >= 0.3 is 0 Å². The molecule has 8 heteroatoms. The third kappa shape index (κ3) is 3.97. The van der Waals surface area contributed by atoms with Gasteiger partial charge in [0.05, 0.1) is 17.8 Å². The van der Waals surface area contributed by atoms with Crippen LogP contribution in [0.25, 0.3) is 10.9 Å². The lowest BCUT2D eigenvalue weighted by molar-refractivity contribution is 0.0936. The summed E-state index contributed by atoms with van der Waals surface area (Å²) < 4.78 is 25.1. The highest BCUT2D eigenvalue weighted by Gasteiger charge is 2.17. The van der Waals surface area contributed by atoms with Gasteiger partial charge in [-0.25, -0.2) is 8.42 Å². The van der Waals surface area contributed by atoms with Crippen molar-refractivity contribution in [3.63, 3.8) is 0 Å². The van der Waals surface area contributed by atoms with Gasteiger partial charge in [-0.05, 0) is 30.7 Å². The van der Waals surface area contributed by atoms with E-state index in [-0.39, 0.29) is 11.9 Å². The fraction of sp³-hybridized carbons (Fsp3) is 0.176. The number of H-pyrrole nitrogens is 1. The zero-order valence-electron chi connectivity index (χ0n) is 13.8. The Bertz CT molecular complexity index is 1030. The van der Waals surface area contributed by atoms with E-state index in [2.05, 4.69) is 20.2 Å². The van der Waals surface area contributed by atoms with Crippen molar-refractivity contribution in [3.05, 3.63) is 59.8 Å². The second kappa shape index (κ2) is 6.56. The molecule has 0 radical (unpaired) electrons. The van der Waals surface area contributed by atoms with Crippen LogP contribution in [0.3, 0.4) is 0 Å². The van der Waals surface area contributed by atoms with Crippen LogP contribution in [-0.2, 0) is 10.0 Å². The first-order valence-corrected chi connectivity index (χ1v) is 9.54. The molecule has 0 aliphatic carbocycles. The number of anilines is 1. The summed E-state index contributed by atoms with van der Waals surface area (Å²) in [6.07, 6.45) is 1.09. The molecule has 0 fully saturated rings. The van der Waals surface area contributed by atoms with Gasteiger partial charge in [0.1, 0.15) is 0 Å². The zero-order chi connectivity index (χ0) is 18.0. The number of rotatable bonds is 5. The number of hydrogen-bond donors (Lipinski definition) is 3. The molecule has 0 saturated heterocycles. The largest absolute Gasteiger partial charge is 0.344 e. The highest BCUT2D eigenvalue weighted by Crippen LogP contribution is 2.20. The third-order valence-corrected chi connectivity index (χ3v) is 4.33. The molecule has 1 heterocycles. The van der Waals surface area contributed by atoms with E-state index in [1.165, 1.54) is 0 Å². The second-order valence-corrected chi connectivity index (χ2v) is 7.56. The van der Waals surface area contributed by atoms with E-state index in [1.54, 1.807) is 18.2 Å². The van der Waals surface area contributed by atoms with Crippen molar-refractivity contribution in [2.45, 2.75) is 13.0 Å². The van der Waals surface area contributed by atoms with Gasteiger partial charge in [-0.2, -0.15) is 5.10 Å². The summed E-state index contributed by atoms with van der Waals surface area (Å²) >= 11 is 0. The maximum atomic E-state index is 12.5. The van der Waals surface area contributed by atoms with E-state index in [0.717, 1.165) is 22.7 Å². The van der Waals surface area contributed by atoms with Gasteiger partial charge in [0.2, 0.25) is 10.0 Å². The van der Waals surface area contributed by atoms with E-state index >= 15 is 0 Å². The topological polar surface area (TPSA) is 104 Å². The molecule has 3 rings (SSSR count). The Morgan fingerprint density at radius 2 is 1.92 bits per heavy atom. The number of hydrogen-bond acceptors (Lipinski definition) is 4. The number of sulfonamides is 1. The minimum Gasteiger partial charge on any atom is -0.344 e. The highest BCUT2D eigenvalue weighted by molar-refractivity contribution is 7.92. The molecule has 0 bridgehead atoms. The number of carbonyl (C=O) groups excluding carboxylic acids is 1. The number of benzene rings is 2. The molecule has 2 aromatic carbocycles. The van der Waals surface area contributed by atoms with Crippen LogP contribution in [0.1, 0.15) is 29.0 Å². The molecule has 3 aromatic rings. The monoisotopic (exact) mass is 358 g/mol. The number of aromatic nitrogens is 2. The van der Waals surface area contributed by atoms with E-state index in [9.17, 15) is 13.2 Å². The lowest BCUT2D eigenvalue weighted by Gasteiger charge is -2.15. The SMILES string of the molecule is C[C@H](NC(=O)c1n[nH]c2ccccc12)c1cccc(NS(C)(=O)=O)c1. The number of nitrogens with one attached hydrogen (secondary N) is 3. The molecule has 1 atom stereocenters. The molecule has 0 spiro atoms. The molecule has 0 saturated carbocycles. The fourth-order valence-electron chi connectivity index (χ4n) is 2.57. The summed E-state index contributed by atoms with van der Waals surface area (Å²) in [6.45, 7) is 1.83. The van der Waals surface area contributed by atoms with Crippen molar-refractivity contribution in [2.24, 2.45) is 0 Å². The van der Waals surface area contributed by atoms with Crippen molar-refractivity contribution in [2.75, 3.05) is 11.0 Å². The van der Waals surface area contributed by atoms with Crippen LogP contribution in [-0.4, -0.2) is 30.8 Å². The van der Waals surface area contributed by atoms with Crippen molar-refractivity contribution >= 4 is 32.5 Å². The molecule has 0 unspecified atom stereocenters. The molecular weight excluding hydrogens is 340 g/mol. The molecule has 25 heavy (non-hydrogen) atoms. The lowest BCUT2D eigenvalue weighted by atomic mass is 10.1. The van der Waals surface area contributed by atoms with E-state index in [4.69, 9.17) is 0 Å². The van der Waals surface area contributed by atoms with Gasteiger partial charge in [0, 0.05) is 11.1 Å². The third-order valence-electron chi connectivity index (χ3n) is 3.72. The summed E-state index contributed by atoms with van der Waals surface area (Å²) in [5.74, 6) is -0.300. The summed E-state index contributed by atoms with van der Waals surface area (Å²) in [4.78, 5) is 12.5. The molecule has 130 valence electrons. The Balaban J connectivity index is 1.79. The van der Waals surface area contributed by atoms with E-state index in [1.807, 2.05) is 37.3 Å². The Labute approximate surface area is 145 Å². The molecular formula is C17H18N4O3S. The van der Waals surface area contributed by atoms with Crippen molar-refractivity contribution in [3.8, 4) is 0 Å². The second-order valence-electron chi connectivity index (χ2n) is 5.81. The number of para-hydroxylation sites is 1. The van der Waals surface area contributed by atoms with E-state index < -0.39 is 10.0 Å². The summed E-state index contributed by atoms with van der Waals surface area (Å²) in [7, 11) is -3.35. The Morgan fingerprint density at radius 1 is 1.16 bits per heavy atom. The smallest absolute Gasteiger partial charge is 0.272 e. The van der Waals surface area contributed by atoms with Gasteiger partial charge in [0.25, 0.3) is 5.91 Å². The zero-order valence-corrected chi connectivity index (χ0v) is 14.6. The first-order valence-electron chi connectivity index (χ1n) is 7.65. The number of fused-ring (bicyclic) bond motifs is 1. The minimum atomic E-state index is -3.35. The van der Waals surface area contributed by atoms with Crippen LogP contribution in [0.5, 0.6) is 0 Å². The average molecular weight is 358 g/mol. The Hall–Kier alpha value is -2.87. The quantitative estimate of drug-likeness (QED) is 0.651. The van der Waals surface area contributed by atoms with Crippen molar-refractivity contribution < 1.29 is 13.2 Å². The number of nitrogens with zero attached hydrogens (tertiary/aromatic N) is 1. The molecule has 3 N–H and O–H groups in total. The van der Waals surface area contributed by atoms with E-state index in [0.29, 0.717) is 11.4 Å². The Morgan fingerprint density at radius 3 is 2.68 bits per heavy atom. The Kier molecular flexibility index (Phi) is 4.45.